The molecule has 1 saturated carbocycles. The SMILES string of the molecule is COc1cccc(C(C(=O)N2CCC3(CCC(Nc4ccc(C(=O)N(C)C)c(Cl)c4)CC3)CC2)C(F)(F)F)c1. The Morgan fingerprint density at radius 2 is 1.74 bits per heavy atom. The van der Waals surface area contributed by atoms with E-state index in [1.165, 1.54) is 35.1 Å². The van der Waals surface area contributed by atoms with Crippen molar-refractivity contribution in [2.75, 3.05) is 39.6 Å². The average Bonchev–Trinajstić information content (AvgIpc) is 2.89. The van der Waals surface area contributed by atoms with Crippen LogP contribution < -0.4 is 10.1 Å². The summed E-state index contributed by atoms with van der Waals surface area (Å²) in [5.41, 5.74) is 1.25. The molecule has 1 aliphatic heterocycles. The summed E-state index contributed by atoms with van der Waals surface area (Å²) < 4.78 is 47.1. The van der Waals surface area contributed by atoms with Crippen molar-refractivity contribution < 1.29 is 27.5 Å². The Morgan fingerprint density at radius 1 is 1.08 bits per heavy atom. The maximum Gasteiger partial charge on any atom is 0.404 e. The second-order valence-electron chi connectivity index (χ2n) is 10.9. The number of anilines is 1. The van der Waals surface area contributed by atoms with Crippen LogP contribution >= 0.6 is 11.6 Å². The summed E-state index contributed by atoms with van der Waals surface area (Å²) in [5, 5.41) is 3.91. The number of methoxy groups -OCH3 is 1. The lowest BCUT2D eigenvalue weighted by molar-refractivity contribution is -0.173. The third kappa shape index (κ3) is 6.62. The number of alkyl halides is 3. The number of nitrogens with zero attached hydrogens (tertiary/aromatic N) is 2. The summed E-state index contributed by atoms with van der Waals surface area (Å²) in [6.45, 7) is 0.648. The normalized spacial score (nSPS) is 18.5. The predicted octanol–water partition coefficient (Wildman–Crippen LogP) is 6.36. The van der Waals surface area contributed by atoms with E-state index < -0.39 is 18.0 Å². The lowest BCUT2D eigenvalue weighted by Gasteiger charge is -2.46. The molecule has 1 saturated heterocycles. The fourth-order valence-electron chi connectivity index (χ4n) is 5.81. The summed E-state index contributed by atoms with van der Waals surface area (Å²) in [6.07, 6.45) is 0.413. The fraction of sp³-hybridized carbons (Fsp3) is 0.517. The first-order valence-corrected chi connectivity index (χ1v) is 13.6. The van der Waals surface area contributed by atoms with Crippen LogP contribution in [-0.4, -0.2) is 68.1 Å². The quantitative estimate of drug-likeness (QED) is 0.443. The van der Waals surface area contributed by atoms with Crippen LogP contribution in [0.15, 0.2) is 42.5 Å². The van der Waals surface area contributed by atoms with Gasteiger partial charge in [-0.25, -0.2) is 0 Å². The van der Waals surface area contributed by atoms with Crippen LogP contribution in [0.5, 0.6) is 5.75 Å². The van der Waals surface area contributed by atoms with Crippen molar-refractivity contribution in [1.82, 2.24) is 9.80 Å². The van der Waals surface area contributed by atoms with Gasteiger partial charge in [-0.1, -0.05) is 23.7 Å². The van der Waals surface area contributed by atoms with Gasteiger partial charge in [0.1, 0.15) is 5.75 Å². The second kappa shape index (κ2) is 11.7. The Hall–Kier alpha value is -2.94. The van der Waals surface area contributed by atoms with Crippen LogP contribution in [0.1, 0.15) is 60.4 Å². The number of rotatable bonds is 6. The van der Waals surface area contributed by atoms with Gasteiger partial charge < -0.3 is 19.9 Å². The number of nitrogens with one attached hydrogen (secondary N) is 1. The van der Waals surface area contributed by atoms with Crippen molar-refractivity contribution in [3.05, 3.63) is 58.6 Å². The van der Waals surface area contributed by atoms with Gasteiger partial charge in [0.05, 0.1) is 17.7 Å². The van der Waals surface area contributed by atoms with E-state index in [1.54, 1.807) is 32.3 Å². The van der Waals surface area contributed by atoms with Gasteiger partial charge in [0, 0.05) is 38.9 Å². The molecule has 1 unspecified atom stereocenters. The van der Waals surface area contributed by atoms with E-state index in [2.05, 4.69) is 5.32 Å². The summed E-state index contributed by atoms with van der Waals surface area (Å²) in [6, 6.07) is 11.3. The van der Waals surface area contributed by atoms with Crippen molar-refractivity contribution in [2.24, 2.45) is 5.41 Å². The fourth-order valence-corrected chi connectivity index (χ4v) is 6.07. The predicted molar refractivity (Wildman–Crippen MR) is 145 cm³/mol. The van der Waals surface area contributed by atoms with Crippen molar-refractivity contribution in [3.63, 3.8) is 0 Å². The van der Waals surface area contributed by atoms with Crippen LogP contribution in [0.4, 0.5) is 18.9 Å². The Bertz CT molecular complexity index is 1190. The molecule has 2 aromatic carbocycles. The number of likely N-dealkylation sites (tertiary alicyclic amines) is 1. The van der Waals surface area contributed by atoms with Crippen LogP contribution in [0.2, 0.25) is 5.02 Å². The van der Waals surface area contributed by atoms with Gasteiger partial charge in [-0.2, -0.15) is 13.2 Å². The molecule has 10 heteroatoms. The lowest BCUT2D eigenvalue weighted by atomic mass is 9.67. The molecule has 2 fully saturated rings. The zero-order valence-corrected chi connectivity index (χ0v) is 23.2. The molecule has 0 bridgehead atoms. The lowest BCUT2D eigenvalue weighted by Crippen LogP contribution is -2.48. The number of carbonyl (C=O) groups excluding carboxylic acids is 2. The van der Waals surface area contributed by atoms with Gasteiger partial charge in [-0.05, 0) is 79.8 Å². The summed E-state index contributed by atoms with van der Waals surface area (Å²) in [4.78, 5) is 28.2. The molecule has 2 amide bonds. The zero-order chi connectivity index (χ0) is 28.4. The number of carbonyl (C=O) groups is 2. The average molecular weight is 566 g/mol. The van der Waals surface area contributed by atoms with Crippen LogP contribution in [0, 0.1) is 5.41 Å². The number of benzene rings is 2. The molecule has 2 aliphatic rings. The molecule has 4 rings (SSSR count). The van der Waals surface area contributed by atoms with E-state index in [-0.39, 0.29) is 28.7 Å². The minimum atomic E-state index is -4.69. The molecule has 2 aromatic rings. The summed E-state index contributed by atoms with van der Waals surface area (Å²) >= 11 is 6.35. The highest BCUT2D eigenvalue weighted by atomic mass is 35.5. The molecular formula is C29H35ClF3N3O3. The van der Waals surface area contributed by atoms with Gasteiger partial charge in [-0.15, -0.1) is 0 Å². The van der Waals surface area contributed by atoms with Crippen molar-refractivity contribution >= 4 is 29.1 Å². The first-order chi connectivity index (χ1) is 18.4. The number of halogens is 4. The van der Waals surface area contributed by atoms with E-state index >= 15 is 0 Å². The van der Waals surface area contributed by atoms with E-state index in [9.17, 15) is 22.8 Å². The Balaban J connectivity index is 1.34. The smallest absolute Gasteiger partial charge is 0.404 e. The molecule has 1 aliphatic carbocycles. The topological polar surface area (TPSA) is 61.9 Å². The molecule has 0 aromatic heterocycles. The molecule has 39 heavy (non-hydrogen) atoms. The molecule has 1 spiro atoms. The van der Waals surface area contributed by atoms with Crippen molar-refractivity contribution in [3.8, 4) is 5.75 Å². The third-order valence-electron chi connectivity index (χ3n) is 8.16. The first-order valence-electron chi connectivity index (χ1n) is 13.2. The highest BCUT2D eigenvalue weighted by Gasteiger charge is 2.49. The Labute approximate surface area is 232 Å². The van der Waals surface area contributed by atoms with Gasteiger partial charge in [0.15, 0.2) is 5.92 Å². The second-order valence-corrected chi connectivity index (χ2v) is 11.3. The van der Waals surface area contributed by atoms with E-state index in [4.69, 9.17) is 16.3 Å². The molecule has 6 nitrogen and oxygen atoms in total. The van der Waals surface area contributed by atoms with E-state index in [0.29, 0.717) is 36.5 Å². The molecule has 1 N–H and O–H groups in total. The summed E-state index contributed by atoms with van der Waals surface area (Å²) in [5.74, 6) is -2.96. The van der Waals surface area contributed by atoms with Gasteiger partial charge in [-0.3, -0.25) is 9.59 Å². The van der Waals surface area contributed by atoms with Gasteiger partial charge >= 0.3 is 6.18 Å². The van der Waals surface area contributed by atoms with Crippen LogP contribution in [0.25, 0.3) is 0 Å². The summed E-state index contributed by atoms with van der Waals surface area (Å²) in [7, 11) is 4.74. The Kier molecular flexibility index (Phi) is 8.69. The van der Waals surface area contributed by atoms with Gasteiger partial charge in [0.2, 0.25) is 5.91 Å². The van der Waals surface area contributed by atoms with Gasteiger partial charge in [0.25, 0.3) is 5.91 Å². The standard InChI is InChI=1S/C29H35ClF3N3O3/c1-35(2)26(37)23-8-7-21(18-24(23)30)34-20-9-11-28(12-10-20)13-15-36(16-14-28)27(38)25(29(31,32)33)19-5-4-6-22(17-19)39-3/h4-8,17-18,20,25,34H,9-16H2,1-3H3. The molecule has 212 valence electrons. The maximum absolute atomic E-state index is 14.0. The van der Waals surface area contributed by atoms with Crippen molar-refractivity contribution in [2.45, 2.75) is 56.7 Å². The number of piperidine rings is 1. The minimum Gasteiger partial charge on any atom is -0.497 e. The highest BCUT2D eigenvalue weighted by molar-refractivity contribution is 6.34. The number of hydrogen-bond acceptors (Lipinski definition) is 4. The maximum atomic E-state index is 14.0. The number of ether oxygens (including phenoxy) is 1. The third-order valence-corrected chi connectivity index (χ3v) is 8.47. The highest BCUT2D eigenvalue weighted by Crippen LogP contribution is 2.46. The molecule has 1 atom stereocenters. The first kappa shape index (κ1) is 29.1. The van der Waals surface area contributed by atoms with Crippen LogP contribution in [-0.2, 0) is 4.79 Å². The molecule has 0 radical (unpaired) electrons. The zero-order valence-electron chi connectivity index (χ0n) is 22.5. The minimum absolute atomic E-state index is 0.0400. The molecule has 1 heterocycles. The number of amides is 2. The largest absolute Gasteiger partial charge is 0.497 e. The monoisotopic (exact) mass is 565 g/mol. The van der Waals surface area contributed by atoms with E-state index in [0.717, 1.165) is 31.4 Å². The molecular weight excluding hydrogens is 531 g/mol. The number of hydrogen-bond donors (Lipinski definition) is 1. The Morgan fingerprint density at radius 3 is 2.31 bits per heavy atom. The van der Waals surface area contributed by atoms with E-state index in [1.807, 2.05) is 6.07 Å². The van der Waals surface area contributed by atoms with Crippen molar-refractivity contribution in [1.29, 1.82) is 0 Å². The van der Waals surface area contributed by atoms with Crippen LogP contribution in [0.3, 0.4) is 0 Å².